The van der Waals surface area contributed by atoms with Gasteiger partial charge in [-0.05, 0) is 63.5 Å². The van der Waals surface area contributed by atoms with Gasteiger partial charge in [-0.2, -0.15) is 0 Å². The van der Waals surface area contributed by atoms with Gasteiger partial charge in [0.15, 0.2) is 6.61 Å². The maximum absolute atomic E-state index is 12.8. The molecule has 2 amide bonds. The summed E-state index contributed by atoms with van der Waals surface area (Å²) in [5.74, 6) is -1.49. The highest BCUT2D eigenvalue weighted by Crippen LogP contribution is 2.56. The lowest BCUT2D eigenvalue weighted by molar-refractivity contribution is -0.157. The molecule has 0 aromatic heterocycles. The lowest BCUT2D eigenvalue weighted by atomic mass is 9.81. The van der Waals surface area contributed by atoms with E-state index in [0.717, 1.165) is 35.3 Å². The summed E-state index contributed by atoms with van der Waals surface area (Å²) in [6.45, 7) is 4.82. The number of Topliss-reactive ketones (excluding diaryl/α,β-unsaturated/α-hetero) is 1. The summed E-state index contributed by atoms with van der Waals surface area (Å²) in [4.78, 5) is 51.6. The van der Waals surface area contributed by atoms with Crippen molar-refractivity contribution in [1.82, 2.24) is 4.90 Å². The zero-order chi connectivity index (χ0) is 20.2. The number of likely N-dealkylation sites (tertiary alicyclic amines) is 1. The van der Waals surface area contributed by atoms with Crippen LogP contribution in [-0.4, -0.2) is 41.1 Å². The summed E-state index contributed by atoms with van der Waals surface area (Å²) in [5, 5.41) is 0. The number of hydrogen-bond acceptors (Lipinski definition) is 5. The van der Waals surface area contributed by atoms with Crippen LogP contribution >= 0.6 is 0 Å². The van der Waals surface area contributed by atoms with Crippen molar-refractivity contribution in [3.8, 4) is 0 Å². The molecule has 4 rings (SSSR count). The molecule has 6 nitrogen and oxygen atoms in total. The number of benzene rings is 1. The molecule has 1 aromatic carbocycles. The maximum Gasteiger partial charge on any atom is 0.329 e. The van der Waals surface area contributed by atoms with Crippen LogP contribution in [0.1, 0.15) is 47.7 Å². The molecule has 1 heterocycles. The number of ketones is 1. The van der Waals surface area contributed by atoms with Gasteiger partial charge in [-0.15, -0.1) is 0 Å². The van der Waals surface area contributed by atoms with Crippen molar-refractivity contribution < 1.29 is 23.9 Å². The standard InChI is InChI=1S/C22H25NO5/c1-11-4-5-12(2)16(8-11)17(24)10-28-22(27)13(3)23-20(25)18-14-6-7-15(9-14)19(18)21(23)26/h4-5,8,13-15,18-19H,6-7,9-10H2,1-3H3/t13-,14-,15+,18-,19-/m0/s1. The molecule has 148 valence electrons. The first-order valence-electron chi connectivity index (χ1n) is 9.93. The predicted molar refractivity (Wildman–Crippen MR) is 100 cm³/mol. The minimum absolute atomic E-state index is 0.243. The number of nitrogens with zero attached hydrogens (tertiary/aromatic N) is 1. The second kappa shape index (κ2) is 6.83. The molecule has 0 spiro atoms. The highest BCUT2D eigenvalue weighted by atomic mass is 16.5. The number of rotatable bonds is 5. The third kappa shape index (κ3) is 2.86. The lowest BCUT2D eigenvalue weighted by Gasteiger charge is -2.23. The van der Waals surface area contributed by atoms with Crippen molar-refractivity contribution >= 4 is 23.6 Å². The summed E-state index contributed by atoms with van der Waals surface area (Å²) in [5.41, 5.74) is 2.27. The van der Waals surface area contributed by atoms with E-state index in [1.807, 2.05) is 26.0 Å². The van der Waals surface area contributed by atoms with E-state index in [1.54, 1.807) is 6.07 Å². The molecule has 2 saturated carbocycles. The SMILES string of the molecule is Cc1ccc(C)c(C(=O)COC(=O)[C@H](C)N2C(=O)[C@H]3[C@@H]4CC[C@@H](C4)[C@@H]3C2=O)c1. The van der Waals surface area contributed by atoms with Crippen LogP contribution in [0.25, 0.3) is 0 Å². The van der Waals surface area contributed by atoms with E-state index in [9.17, 15) is 19.2 Å². The van der Waals surface area contributed by atoms with Crippen LogP contribution in [0.15, 0.2) is 18.2 Å². The summed E-state index contributed by atoms with van der Waals surface area (Å²) in [6, 6.07) is 4.52. The number of amides is 2. The first kappa shape index (κ1) is 18.8. The van der Waals surface area contributed by atoms with E-state index >= 15 is 0 Å². The number of ether oxygens (including phenoxy) is 1. The van der Waals surface area contributed by atoms with E-state index in [1.165, 1.54) is 6.92 Å². The molecule has 6 heteroatoms. The molecular weight excluding hydrogens is 358 g/mol. The molecule has 28 heavy (non-hydrogen) atoms. The van der Waals surface area contributed by atoms with Crippen molar-refractivity contribution in [2.24, 2.45) is 23.7 Å². The first-order chi connectivity index (χ1) is 13.3. The molecule has 2 aliphatic carbocycles. The van der Waals surface area contributed by atoms with Gasteiger partial charge in [0.05, 0.1) is 11.8 Å². The van der Waals surface area contributed by atoms with Crippen molar-refractivity contribution in [3.05, 3.63) is 34.9 Å². The van der Waals surface area contributed by atoms with E-state index < -0.39 is 18.6 Å². The average Bonchev–Trinajstić information content (AvgIpc) is 3.34. The Morgan fingerprint density at radius 2 is 1.71 bits per heavy atom. The normalized spacial score (nSPS) is 29.2. The van der Waals surface area contributed by atoms with Crippen molar-refractivity contribution in [1.29, 1.82) is 0 Å². The van der Waals surface area contributed by atoms with Gasteiger partial charge >= 0.3 is 5.97 Å². The Labute approximate surface area is 164 Å². The van der Waals surface area contributed by atoms with E-state index in [2.05, 4.69) is 0 Å². The molecule has 3 fully saturated rings. The van der Waals surface area contributed by atoms with Gasteiger partial charge in [0, 0.05) is 5.56 Å². The summed E-state index contributed by atoms with van der Waals surface area (Å²) >= 11 is 0. The van der Waals surface area contributed by atoms with Crippen LogP contribution in [0.3, 0.4) is 0 Å². The van der Waals surface area contributed by atoms with E-state index in [4.69, 9.17) is 4.74 Å². The van der Waals surface area contributed by atoms with Crippen molar-refractivity contribution in [2.45, 2.75) is 46.1 Å². The second-order valence-corrected chi connectivity index (χ2v) is 8.46. The zero-order valence-electron chi connectivity index (χ0n) is 16.4. The fourth-order valence-electron chi connectivity index (χ4n) is 5.29. The minimum Gasteiger partial charge on any atom is -0.456 e. The van der Waals surface area contributed by atoms with E-state index in [0.29, 0.717) is 5.56 Å². The van der Waals surface area contributed by atoms with Crippen LogP contribution in [0.2, 0.25) is 0 Å². The van der Waals surface area contributed by atoms with Gasteiger partial charge in [0.1, 0.15) is 6.04 Å². The Morgan fingerprint density at radius 3 is 2.32 bits per heavy atom. The third-order valence-electron chi connectivity index (χ3n) is 6.73. The highest BCUT2D eigenvalue weighted by Gasteiger charge is 2.62. The van der Waals surface area contributed by atoms with Gasteiger partial charge in [0.2, 0.25) is 17.6 Å². The highest BCUT2D eigenvalue weighted by molar-refractivity contribution is 6.08. The van der Waals surface area contributed by atoms with Crippen LogP contribution in [0, 0.1) is 37.5 Å². The van der Waals surface area contributed by atoms with Gasteiger partial charge < -0.3 is 4.74 Å². The summed E-state index contributed by atoms with van der Waals surface area (Å²) in [6.07, 6.45) is 2.92. The minimum atomic E-state index is -1.00. The Hall–Kier alpha value is -2.50. The Balaban J connectivity index is 1.41. The molecule has 0 radical (unpaired) electrons. The van der Waals surface area contributed by atoms with Gasteiger partial charge in [0.25, 0.3) is 0 Å². The molecule has 1 saturated heterocycles. The smallest absolute Gasteiger partial charge is 0.329 e. The van der Waals surface area contributed by atoms with Crippen LogP contribution in [0.4, 0.5) is 0 Å². The topological polar surface area (TPSA) is 80.8 Å². The molecule has 5 atom stereocenters. The van der Waals surface area contributed by atoms with E-state index in [-0.39, 0.29) is 41.3 Å². The zero-order valence-corrected chi connectivity index (χ0v) is 16.4. The van der Waals surface area contributed by atoms with Gasteiger partial charge in [-0.25, -0.2) is 4.79 Å². The molecule has 2 bridgehead atoms. The molecule has 0 unspecified atom stereocenters. The number of carbonyl (C=O) groups is 4. The lowest BCUT2D eigenvalue weighted by Crippen LogP contribution is -2.45. The molecule has 3 aliphatic rings. The molecular formula is C22H25NO5. The monoisotopic (exact) mass is 383 g/mol. The fraction of sp³-hybridized carbons (Fsp3) is 0.545. The van der Waals surface area contributed by atoms with Crippen LogP contribution in [-0.2, 0) is 19.1 Å². The third-order valence-corrected chi connectivity index (χ3v) is 6.73. The Bertz CT molecular complexity index is 848. The summed E-state index contributed by atoms with van der Waals surface area (Å²) in [7, 11) is 0. The molecule has 1 aliphatic heterocycles. The fourth-order valence-corrected chi connectivity index (χ4v) is 5.29. The largest absolute Gasteiger partial charge is 0.456 e. The Kier molecular flexibility index (Phi) is 4.60. The number of hydrogen-bond donors (Lipinski definition) is 0. The predicted octanol–water partition coefficient (Wildman–Crippen LogP) is 2.45. The Morgan fingerprint density at radius 1 is 1.11 bits per heavy atom. The molecule has 1 aromatic rings. The van der Waals surface area contributed by atoms with Crippen LogP contribution < -0.4 is 0 Å². The van der Waals surface area contributed by atoms with Gasteiger partial charge in [-0.3, -0.25) is 19.3 Å². The second-order valence-electron chi connectivity index (χ2n) is 8.46. The first-order valence-corrected chi connectivity index (χ1v) is 9.93. The number of fused-ring (bicyclic) bond motifs is 5. The number of carbonyl (C=O) groups excluding carboxylic acids is 4. The number of esters is 1. The quantitative estimate of drug-likeness (QED) is 0.443. The number of imide groups is 1. The van der Waals surface area contributed by atoms with Gasteiger partial charge in [-0.1, -0.05) is 17.7 Å². The number of aryl methyl sites for hydroxylation is 2. The van der Waals surface area contributed by atoms with Crippen molar-refractivity contribution in [3.63, 3.8) is 0 Å². The van der Waals surface area contributed by atoms with Crippen molar-refractivity contribution in [2.75, 3.05) is 6.61 Å². The average molecular weight is 383 g/mol. The molecule has 0 N–H and O–H groups in total. The maximum atomic E-state index is 12.8. The summed E-state index contributed by atoms with van der Waals surface area (Å²) < 4.78 is 5.18. The van der Waals surface area contributed by atoms with Crippen LogP contribution in [0.5, 0.6) is 0 Å².